The summed E-state index contributed by atoms with van der Waals surface area (Å²) in [5.41, 5.74) is 0.568. The predicted octanol–water partition coefficient (Wildman–Crippen LogP) is 0.995. The zero-order valence-electron chi connectivity index (χ0n) is 13.7. The second kappa shape index (κ2) is 7.65. The molecule has 0 spiro atoms. The number of rotatable bonds is 4. The molecule has 2 aliphatic rings. The lowest BCUT2D eigenvalue weighted by Crippen LogP contribution is -2.54. The standard InChI is InChI=1S/C18H23N3O3/c19-12-14-4-6-15(7-5-14)24-13-18(23)21-10-8-20(9-11-21)16-2-1-3-17(16)22/h4-7,16-17,22H,1-3,8-11,13H2. The van der Waals surface area contributed by atoms with E-state index in [1.807, 2.05) is 11.0 Å². The Morgan fingerprint density at radius 2 is 1.92 bits per heavy atom. The van der Waals surface area contributed by atoms with Gasteiger partial charge in [0.2, 0.25) is 0 Å². The Hall–Kier alpha value is -2.10. The van der Waals surface area contributed by atoms with E-state index in [1.54, 1.807) is 24.3 Å². The third-order valence-electron chi connectivity index (χ3n) is 4.93. The molecular formula is C18H23N3O3. The number of benzene rings is 1. The maximum Gasteiger partial charge on any atom is 0.260 e. The van der Waals surface area contributed by atoms with E-state index in [4.69, 9.17) is 10.00 Å². The Kier molecular flexibility index (Phi) is 5.34. The number of aliphatic hydroxyl groups excluding tert-OH is 1. The summed E-state index contributed by atoms with van der Waals surface area (Å²) in [6, 6.07) is 9.05. The van der Waals surface area contributed by atoms with Gasteiger partial charge in [0, 0.05) is 32.2 Å². The van der Waals surface area contributed by atoms with Crippen molar-refractivity contribution in [2.24, 2.45) is 0 Å². The van der Waals surface area contributed by atoms with Crippen LogP contribution in [-0.2, 0) is 4.79 Å². The second-order valence-electron chi connectivity index (χ2n) is 6.41. The average Bonchev–Trinajstić information content (AvgIpc) is 3.06. The number of nitrogens with zero attached hydrogens (tertiary/aromatic N) is 3. The molecule has 0 radical (unpaired) electrons. The third kappa shape index (κ3) is 3.86. The molecule has 1 aliphatic carbocycles. The molecule has 128 valence electrons. The van der Waals surface area contributed by atoms with Crippen LogP contribution in [0.1, 0.15) is 24.8 Å². The fourth-order valence-corrected chi connectivity index (χ4v) is 3.51. The van der Waals surface area contributed by atoms with Crippen molar-refractivity contribution >= 4 is 5.91 Å². The highest BCUT2D eigenvalue weighted by molar-refractivity contribution is 5.77. The van der Waals surface area contributed by atoms with E-state index in [2.05, 4.69) is 4.90 Å². The summed E-state index contributed by atoms with van der Waals surface area (Å²) in [5, 5.41) is 18.8. The molecule has 6 heteroatoms. The lowest BCUT2D eigenvalue weighted by Gasteiger charge is -2.39. The first-order valence-corrected chi connectivity index (χ1v) is 8.50. The number of hydrogen-bond donors (Lipinski definition) is 1. The van der Waals surface area contributed by atoms with Gasteiger partial charge in [0.1, 0.15) is 5.75 Å². The van der Waals surface area contributed by atoms with Gasteiger partial charge in [-0.2, -0.15) is 5.26 Å². The number of nitriles is 1. The van der Waals surface area contributed by atoms with Crippen LogP contribution < -0.4 is 4.74 Å². The van der Waals surface area contributed by atoms with E-state index < -0.39 is 0 Å². The topological polar surface area (TPSA) is 76.8 Å². The summed E-state index contributed by atoms with van der Waals surface area (Å²) in [6.07, 6.45) is 2.81. The van der Waals surface area contributed by atoms with Crippen molar-refractivity contribution in [3.05, 3.63) is 29.8 Å². The molecule has 3 rings (SSSR count). The van der Waals surface area contributed by atoms with E-state index in [0.717, 1.165) is 32.4 Å². The van der Waals surface area contributed by atoms with Crippen molar-refractivity contribution in [3.8, 4) is 11.8 Å². The van der Waals surface area contributed by atoms with Crippen molar-refractivity contribution in [2.45, 2.75) is 31.4 Å². The number of carbonyl (C=O) groups excluding carboxylic acids is 1. The molecule has 2 fully saturated rings. The summed E-state index contributed by atoms with van der Waals surface area (Å²) in [7, 11) is 0. The van der Waals surface area contributed by atoms with E-state index in [1.165, 1.54) is 0 Å². The lowest BCUT2D eigenvalue weighted by atomic mass is 10.1. The summed E-state index contributed by atoms with van der Waals surface area (Å²) in [4.78, 5) is 16.4. The van der Waals surface area contributed by atoms with Crippen molar-refractivity contribution in [1.82, 2.24) is 9.80 Å². The number of amides is 1. The Bertz CT molecular complexity index is 603. The van der Waals surface area contributed by atoms with Crippen molar-refractivity contribution in [2.75, 3.05) is 32.8 Å². The van der Waals surface area contributed by atoms with Crippen LogP contribution in [0.15, 0.2) is 24.3 Å². The number of hydrogen-bond acceptors (Lipinski definition) is 5. The molecule has 24 heavy (non-hydrogen) atoms. The Balaban J connectivity index is 1.44. The van der Waals surface area contributed by atoms with Gasteiger partial charge < -0.3 is 14.7 Å². The number of ether oxygens (including phenoxy) is 1. The predicted molar refractivity (Wildman–Crippen MR) is 88.5 cm³/mol. The van der Waals surface area contributed by atoms with Gasteiger partial charge >= 0.3 is 0 Å². The molecule has 1 aromatic rings. The SMILES string of the molecule is N#Cc1ccc(OCC(=O)N2CCN(C3CCCC3O)CC2)cc1. The van der Waals surface area contributed by atoms with Gasteiger partial charge in [0.25, 0.3) is 5.91 Å². The van der Waals surface area contributed by atoms with Gasteiger partial charge in [0.05, 0.1) is 17.7 Å². The summed E-state index contributed by atoms with van der Waals surface area (Å²) in [5.74, 6) is 0.570. The summed E-state index contributed by atoms with van der Waals surface area (Å²) in [6.45, 7) is 2.99. The molecule has 1 saturated heterocycles. The minimum atomic E-state index is -0.216. The minimum Gasteiger partial charge on any atom is -0.484 e. The second-order valence-corrected chi connectivity index (χ2v) is 6.41. The molecule has 1 heterocycles. The van der Waals surface area contributed by atoms with Crippen molar-refractivity contribution in [1.29, 1.82) is 5.26 Å². The monoisotopic (exact) mass is 329 g/mol. The van der Waals surface area contributed by atoms with Gasteiger partial charge in [-0.25, -0.2) is 0 Å². The third-order valence-corrected chi connectivity index (χ3v) is 4.93. The van der Waals surface area contributed by atoms with Crippen LogP contribution in [0.4, 0.5) is 0 Å². The first-order chi connectivity index (χ1) is 11.7. The van der Waals surface area contributed by atoms with Crippen LogP contribution in [0, 0.1) is 11.3 Å². The van der Waals surface area contributed by atoms with Gasteiger partial charge in [-0.15, -0.1) is 0 Å². The molecule has 2 unspecified atom stereocenters. The fraction of sp³-hybridized carbons (Fsp3) is 0.556. The average molecular weight is 329 g/mol. The Labute approximate surface area is 142 Å². The van der Waals surface area contributed by atoms with Gasteiger partial charge in [-0.3, -0.25) is 9.69 Å². The first kappa shape index (κ1) is 16.7. The normalized spacial score (nSPS) is 24.6. The first-order valence-electron chi connectivity index (χ1n) is 8.50. The van der Waals surface area contributed by atoms with E-state index in [0.29, 0.717) is 24.4 Å². The van der Waals surface area contributed by atoms with E-state index >= 15 is 0 Å². The lowest BCUT2D eigenvalue weighted by molar-refractivity contribution is -0.135. The number of carbonyl (C=O) groups is 1. The minimum absolute atomic E-state index is 0.0119. The highest BCUT2D eigenvalue weighted by Crippen LogP contribution is 2.25. The van der Waals surface area contributed by atoms with Crippen LogP contribution in [0.2, 0.25) is 0 Å². The molecule has 1 aromatic carbocycles. The van der Waals surface area contributed by atoms with E-state index in [-0.39, 0.29) is 24.7 Å². The highest BCUT2D eigenvalue weighted by atomic mass is 16.5. The summed E-state index contributed by atoms with van der Waals surface area (Å²) >= 11 is 0. The molecule has 2 atom stereocenters. The van der Waals surface area contributed by atoms with E-state index in [9.17, 15) is 9.90 Å². The molecular weight excluding hydrogens is 306 g/mol. The largest absolute Gasteiger partial charge is 0.484 e. The highest BCUT2D eigenvalue weighted by Gasteiger charge is 2.33. The van der Waals surface area contributed by atoms with Crippen LogP contribution in [0.5, 0.6) is 5.75 Å². The Morgan fingerprint density at radius 3 is 2.50 bits per heavy atom. The quantitative estimate of drug-likeness (QED) is 0.891. The van der Waals surface area contributed by atoms with Gasteiger partial charge in [0.15, 0.2) is 6.61 Å². The Morgan fingerprint density at radius 1 is 1.21 bits per heavy atom. The molecule has 1 N–H and O–H groups in total. The number of aliphatic hydroxyl groups is 1. The molecule has 0 bridgehead atoms. The van der Waals surface area contributed by atoms with Gasteiger partial charge in [-0.1, -0.05) is 0 Å². The zero-order valence-corrected chi connectivity index (χ0v) is 13.7. The van der Waals surface area contributed by atoms with Crippen LogP contribution >= 0.6 is 0 Å². The number of piperazine rings is 1. The van der Waals surface area contributed by atoms with Gasteiger partial charge in [-0.05, 0) is 43.5 Å². The molecule has 1 saturated carbocycles. The van der Waals surface area contributed by atoms with Crippen molar-refractivity contribution in [3.63, 3.8) is 0 Å². The maximum atomic E-state index is 12.3. The maximum absolute atomic E-state index is 12.3. The van der Waals surface area contributed by atoms with Crippen LogP contribution in [0.3, 0.4) is 0 Å². The molecule has 6 nitrogen and oxygen atoms in total. The fourth-order valence-electron chi connectivity index (χ4n) is 3.51. The molecule has 1 amide bonds. The van der Waals surface area contributed by atoms with Crippen LogP contribution in [-0.4, -0.2) is 65.7 Å². The summed E-state index contributed by atoms with van der Waals surface area (Å²) < 4.78 is 5.51. The molecule has 0 aromatic heterocycles. The zero-order chi connectivity index (χ0) is 16.9. The van der Waals surface area contributed by atoms with Crippen LogP contribution in [0.25, 0.3) is 0 Å². The smallest absolute Gasteiger partial charge is 0.260 e. The van der Waals surface area contributed by atoms with Crippen molar-refractivity contribution < 1.29 is 14.6 Å². The molecule has 1 aliphatic heterocycles.